The van der Waals surface area contributed by atoms with Crippen molar-refractivity contribution in [3.8, 4) is 0 Å². The zero-order valence-corrected chi connectivity index (χ0v) is 16.2. The molecule has 7 heteroatoms. The first kappa shape index (κ1) is 19.4. The van der Waals surface area contributed by atoms with Gasteiger partial charge < -0.3 is 16.4 Å². The van der Waals surface area contributed by atoms with Crippen molar-refractivity contribution in [1.82, 2.24) is 0 Å². The minimum atomic E-state index is -3.20. The lowest BCUT2D eigenvalue weighted by Gasteiger charge is -2.10. The number of rotatable bonds is 6. The Morgan fingerprint density at radius 1 is 0.929 bits per heavy atom. The Labute approximate surface area is 164 Å². The predicted molar refractivity (Wildman–Crippen MR) is 112 cm³/mol. The molecule has 0 heterocycles. The van der Waals surface area contributed by atoms with E-state index in [0.717, 1.165) is 11.3 Å². The number of anilines is 3. The lowest BCUT2D eigenvalue weighted by Crippen LogP contribution is -2.13. The Morgan fingerprint density at radius 2 is 1.57 bits per heavy atom. The van der Waals surface area contributed by atoms with E-state index < -0.39 is 9.84 Å². The number of amides is 1. The van der Waals surface area contributed by atoms with E-state index in [4.69, 9.17) is 5.73 Å². The van der Waals surface area contributed by atoms with Gasteiger partial charge in [-0.2, -0.15) is 0 Å². The van der Waals surface area contributed by atoms with E-state index in [-0.39, 0.29) is 10.8 Å². The molecule has 6 nitrogen and oxygen atoms in total. The zero-order chi connectivity index (χ0) is 20.1. The third-order valence-electron chi connectivity index (χ3n) is 4.20. The van der Waals surface area contributed by atoms with Gasteiger partial charge in [-0.25, -0.2) is 8.42 Å². The largest absolute Gasteiger partial charge is 0.397 e. The molecule has 0 aliphatic rings. The number of carbonyl (C=O) groups excluding carboxylic acids is 1. The van der Waals surface area contributed by atoms with Crippen LogP contribution in [0.4, 0.5) is 17.1 Å². The summed E-state index contributed by atoms with van der Waals surface area (Å²) in [5.41, 5.74) is 9.27. The molecule has 0 aromatic heterocycles. The molecular weight excluding hydrogens is 374 g/mol. The number of nitrogens with two attached hydrogens (primary N) is 1. The summed E-state index contributed by atoms with van der Waals surface area (Å²) in [5.74, 6) is -0.228. The second-order valence-corrected chi connectivity index (χ2v) is 8.40. The van der Waals surface area contributed by atoms with E-state index in [9.17, 15) is 13.2 Å². The first-order valence-electron chi connectivity index (χ1n) is 8.62. The van der Waals surface area contributed by atoms with Crippen LogP contribution in [0.2, 0.25) is 0 Å². The molecule has 0 aliphatic heterocycles. The molecule has 3 aromatic carbocycles. The standard InChI is InChI=1S/C21H21N3O3S/c1-28(26,27)18-12-10-17(11-13-18)23-14-15-6-8-16(9-7-15)21(25)24-20-5-3-2-4-19(20)22/h2-13,23H,14,22H2,1H3,(H,24,25). The van der Waals surface area contributed by atoms with E-state index in [1.165, 1.54) is 6.26 Å². The van der Waals surface area contributed by atoms with E-state index in [1.807, 2.05) is 24.3 Å². The van der Waals surface area contributed by atoms with Gasteiger partial charge in [0.05, 0.1) is 16.3 Å². The maximum atomic E-state index is 12.3. The number of benzene rings is 3. The summed E-state index contributed by atoms with van der Waals surface area (Å²) in [6, 6.07) is 20.9. The predicted octanol–water partition coefficient (Wildman–Crippen LogP) is 3.54. The summed E-state index contributed by atoms with van der Waals surface area (Å²) in [6.07, 6.45) is 1.18. The second-order valence-electron chi connectivity index (χ2n) is 6.39. The van der Waals surface area contributed by atoms with Crippen LogP contribution in [-0.2, 0) is 16.4 Å². The van der Waals surface area contributed by atoms with Crippen molar-refractivity contribution in [2.75, 3.05) is 22.6 Å². The SMILES string of the molecule is CS(=O)(=O)c1ccc(NCc2ccc(C(=O)Nc3ccccc3N)cc2)cc1. The molecule has 0 bridgehead atoms. The lowest BCUT2D eigenvalue weighted by molar-refractivity contribution is 0.102. The van der Waals surface area contributed by atoms with Crippen molar-refractivity contribution in [2.45, 2.75) is 11.4 Å². The van der Waals surface area contributed by atoms with Crippen molar-refractivity contribution < 1.29 is 13.2 Å². The van der Waals surface area contributed by atoms with E-state index >= 15 is 0 Å². The van der Waals surface area contributed by atoms with E-state index in [0.29, 0.717) is 23.5 Å². The van der Waals surface area contributed by atoms with Crippen molar-refractivity contribution >= 4 is 32.8 Å². The van der Waals surface area contributed by atoms with Crippen LogP contribution in [0.3, 0.4) is 0 Å². The average molecular weight is 395 g/mol. The Kier molecular flexibility index (Phi) is 5.65. The van der Waals surface area contributed by atoms with Gasteiger partial charge in [0.2, 0.25) is 0 Å². The third-order valence-corrected chi connectivity index (χ3v) is 5.33. The van der Waals surface area contributed by atoms with Gasteiger partial charge in [-0.15, -0.1) is 0 Å². The topological polar surface area (TPSA) is 101 Å². The van der Waals surface area contributed by atoms with Gasteiger partial charge in [0.25, 0.3) is 5.91 Å². The smallest absolute Gasteiger partial charge is 0.255 e. The Hall–Kier alpha value is -3.32. The molecule has 0 aliphatic carbocycles. The highest BCUT2D eigenvalue weighted by atomic mass is 32.2. The van der Waals surface area contributed by atoms with Gasteiger partial charge in [-0.3, -0.25) is 4.79 Å². The fourth-order valence-corrected chi connectivity index (χ4v) is 3.23. The summed E-state index contributed by atoms with van der Waals surface area (Å²) >= 11 is 0. The van der Waals surface area contributed by atoms with Gasteiger partial charge in [-0.1, -0.05) is 24.3 Å². The highest BCUT2D eigenvalue weighted by Crippen LogP contribution is 2.18. The first-order valence-corrected chi connectivity index (χ1v) is 10.5. The van der Waals surface area contributed by atoms with Crippen molar-refractivity contribution in [3.63, 3.8) is 0 Å². The molecule has 144 valence electrons. The van der Waals surface area contributed by atoms with Crippen LogP contribution < -0.4 is 16.4 Å². The number of para-hydroxylation sites is 2. The van der Waals surface area contributed by atoms with Gasteiger partial charge in [0.15, 0.2) is 9.84 Å². The number of sulfone groups is 1. The molecule has 3 rings (SSSR count). The normalized spacial score (nSPS) is 11.0. The molecule has 28 heavy (non-hydrogen) atoms. The van der Waals surface area contributed by atoms with Crippen LogP contribution in [-0.4, -0.2) is 20.6 Å². The zero-order valence-electron chi connectivity index (χ0n) is 15.3. The van der Waals surface area contributed by atoms with Gasteiger partial charge in [-0.05, 0) is 54.1 Å². The number of hydrogen-bond donors (Lipinski definition) is 3. The third kappa shape index (κ3) is 4.89. The van der Waals surface area contributed by atoms with Crippen LogP contribution in [0, 0.1) is 0 Å². The Bertz CT molecular complexity index is 1080. The van der Waals surface area contributed by atoms with Crippen LogP contribution in [0.15, 0.2) is 77.7 Å². The molecular formula is C21H21N3O3S. The van der Waals surface area contributed by atoms with Gasteiger partial charge >= 0.3 is 0 Å². The fourth-order valence-electron chi connectivity index (χ4n) is 2.60. The average Bonchev–Trinajstić information content (AvgIpc) is 2.68. The maximum absolute atomic E-state index is 12.3. The van der Waals surface area contributed by atoms with E-state index in [2.05, 4.69) is 10.6 Å². The number of nitrogens with one attached hydrogen (secondary N) is 2. The van der Waals surface area contributed by atoms with Crippen molar-refractivity contribution in [2.24, 2.45) is 0 Å². The minimum absolute atomic E-state index is 0.228. The van der Waals surface area contributed by atoms with Gasteiger partial charge in [0.1, 0.15) is 0 Å². The van der Waals surface area contributed by atoms with Crippen molar-refractivity contribution in [1.29, 1.82) is 0 Å². The highest BCUT2D eigenvalue weighted by molar-refractivity contribution is 7.90. The molecule has 4 N–H and O–H groups in total. The fraction of sp³-hybridized carbons (Fsp3) is 0.0952. The minimum Gasteiger partial charge on any atom is -0.397 e. The van der Waals surface area contributed by atoms with Gasteiger partial charge in [0, 0.05) is 24.1 Å². The number of nitrogen functional groups attached to an aromatic ring is 1. The maximum Gasteiger partial charge on any atom is 0.255 e. The van der Waals surface area contributed by atoms with E-state index in [1.54, 1.807) is 48.5 Å². The summed E-state index contributed by atoms with van der Waals surface area (Å²) in [7, 11) is -3.20. The second kappa shape index (κ2) is 8.14. The summed E-state index contributed by atoms with van der Waals surface area (Å²) < 4.78 is 23.0. The van der Waals surface area contributed by atoms with Crippen LogP contribution in [0.25, 0.3) is 0 Å². The number of carbonyl (C=O) groups is 1. The van der Waals surface area contributed by atoms with Crippen molar-refractivity contribution in [3.05, 3.63) is 83.9 Å². The molecule has 1 amide bonds. The summed E-state index contributed by atoms with van der Waals surface area (Å²) in [4.78, 5) is 12.6. The quantitative estimate of drug-likeness (QED) is 0.554. The first-order chi connectivity index (χ1) is 13.3. The molecule has 0 radical (unpaired) electrons. The molecule has 0 atom stereocenters. The highest BCUT2D eigenvalue weighted by Gasteiger charge is 2.08. The molecule has 0 spiro atoms. The molecule has 0 saturated heterocycles. The summed E-state index contributed by atoms with van der Waals surface area (Å²) in [6.45, 7) is 0.547. The molecule has 0 fully saturated rings. The van der Waals surface area contributed by atoms with Crippen LogP contribution in [0.1, 0.15) is 15.9 Å². The Balaban J connectivity index is 1.60. The molecule has 0 saturated carbocycles. The Morgan fingerprint density at radius 3 is 2.18 bits per heavy atom. The molecule has 0 unspecified atom stereocenters. The lowest BCUT2D eigenvalue weighted by atomic mass is 10.1. The van der Waals surface area contributed by atoms with Crippen LogP contribution in [0.5, 0.6) is 0 Å². The number of hydrogen-bond acceptors (Lipinski definition) is 5. The summed E-state index contributed by atoms with van der Waals surface area (Å²) in [5, 5.41) is 6.02. The monoisotopic (exact) mass is 395 g/mol. The molecule has 3 aromatic rings. The van der Waals surface area contributed by atoms with Crippen LogP contribution >= 0.6 is 0 Å².